The zero-order valence-electron chi connectivity index (χ0n) is 17.7. The quantitative estimate of drug-likeness (QED) is 0.157. The zero-order chi connectivity index (χ0) is 25.4. The molecule has 0 bridgehead atoms. The Labute approximate surface area is 198 Å². The van der Waals surface area contributed by atoms with Gasteiger partial charge in [0.05, 0.1) is 17.6 Å². The number of imidazole rings is 1. The third-order valence-corrected chi connectivity index (χ3v) is 6.59. The number of nitro groups is 1. The molecular formula is C22H14ClF4N3O5. The van der Waals surface area contributed by atoms with Crippen LogP contribution in [0, 0.1) is 23.0 Å². The summed E-state index contributed by atoms with van der Waals surface area (Å²) in [5, 5.41) is 6.99. The smallest absolute Gasteiger partial charge is 0.373 e. The highest BCUT2D eigenvalue weighted by Gasteiger charge is 2.60. The van der Waals surface area contributed by atoms with Crippen LogP contribution < -0.4 is 0 Å². The van der Waals surface area contributed by atoms with E-state index in [-0.39, 0.29) is 29.6 Å². The molecule has 0 N–H and O–H groups in total. The predicted molar refractivity (Wildman–Crippen MR) is 114 cm³/mol. The average molecular weight is 512 g/mol. The van der Waals surface area contributed by atoms with E-state index in [4.69, 9.17) is 16.3 Å². The minimum atomic E-state index is -4.52. The van der Waals surface area contributed by atoms with Gasteiger partial charge >= 0.3 is 17.1 Å². The highest BCUT2D eigenvalue weighted by molar-refractivity contribution is 6.37. The van der Waals surface area contributed by atoms with E-state index in [1.54, 1.807) is 0 Å². The van der Waals surface area contributed by atoms with Crippen LogP contribution in [-0.4, -0.2) is 44.0 Å². The maximum Gasteiger partial charge on any atom is 0.385 e. The number of benzene rings is 2. The molecule has 0 saturated carbocycles. The van der Waals surface area contributed by atoms with Gasteiger partial charge in [0.25, 0.3) is 5.78 Å². The molecule has 0 amide bonds. The van der Waals surface area contributed by atoms with Crippen molar-refractivity contribution in [2.75, 3.05) is 6.61 Å². The van der Waals surface area contributed by atoms with Crippen molar-refractivity contribution in [2.45, 2.75) is 30.8 Å². The van der Waals surface area contributed by atoms with Crippen LogP contribution in [0.3, 0.4) is 0 Å². The summed E-state index contributed by atoms with van der Waals surface area (Å²) in [6, 6.07) is 5.41. The normalized spacial score (nSPS) is 21.1. The van der Waals surface area contributed by atoms with Gasteiger partial charge in [0.2, 0.25) is 5.78 Å². The third kappa shape index (κ3) is 3.19. The van der Waals surface area contributed by atoms with Gasteiger partial charge in [-0.05, 0) is 28.3 Å². The lowest BCUT2D eigenvalue weighted by Gasteiger charge is -2.35. The number of ketones is 2. The van der Waals surface area contributed by atoms with E-state index in [1.165, 1.54) is 31.2 Å². The molecular weight excluding hydrogens is 498 g/mol. The van der Waals surface area contributed by atoms with E-state index in [2.05, 4.69) is 4.98 Å². The van der Waals surface area contributed by atoms with Crippen molar-refractivity contribution in [3.63, 3.8) is 0 Å². The summed E-state index contributed by atoms with van der Waals surface area (Å²) in [5.74, 6) is -9.98. The number of carbonyl (C=O) groups is 2. The molecule has 35 heavy (non-hydrogen) atoms. The molecule has 1 aromatic heterocycles. The lowest BCUT2D eigenvalue weighted by atomic mass is 9.73. The molecule has 182 valence electrons. The fourth-order valence-corrected chi connectivity index (χ4v) is 5.09. The van der Waals surface area contributed by atoms with Gasteiger partial charge in [-0.15, -0.1) is 0 Å². The Hall–Kier alpha value is -3.38. The summed E-state index contributed by atoms with van der Waals surface area (Å²) in [7, 11) is 0. The molecule has 3 aromatic rings. The van der Waals surface area contributed by atoms with Gasteiger partial charge in [-0.25, -0.2) is 4.98 Å². The number of aromatic nitrogens is 2. The molecule has 1 aliphatic carbocycles. The summed E-state index contributed by atoms with van der Waals surface area (Å²) in [4.78, 5) is 41.0. The van der Waals surface area contributed by atoms with Crippen LogP contribution in [0.1, 0.15) is 44.6 Å². The van der Waals surface area contributed by atoms with Gasteiger partial charge < -0.3 is 14.9 Å². The summed E-state index contributed by atoms with van der Waals surface area (Å²) >= 11 is 5.11. The lowest BCUT2D eigenvalue weighted by molar-refractivity contribution is -0.391. The van der Waals surface area contributed by atoms with Crippen LogP contribution in [0.25, 0.3) is 16.5 Å². The molecule has 5 rings (SSSR count). The number of fused-ring (bicyclic) bond motifs is 5. The fourth-order valence-electron chi connectivity index (χ4n) is 4.99. The Bertz CT molecular complexity index is 1450. The number of hydrogen-bond donors (Lipinski definition) is 0. The molecule has 13 heteroatoms. The van der Waals surface area contributed by atoms with E-state index in [1.807, 2.05) is 0 Å². The first kappa shape index (κ1) is 23.4. The summed E-state index contributed by atoms with van der Waals surface area (Å²) in [5.41, 5.74) is -2.45. The minimum absolute atomic E-state index is 0.0508. The molecule has 2 aliphatic rings. The molecule has 0 unspecified atom stereocenters. The van der Waals surface area contributed by atoms with Crippen LogP contribution >= 0.6 is 11.6 Å². The highest BCUT2D eigenvalue weighted by Crippen LogP contribution is 2.55. The number of halogens is 5. The maximum atomic E-state index is 15.1. The maximum absolute atomic E-state index is 15.1. The van der Waals surface area contributed by atoms with Gasteiger partial charge in [-0.2, -0.15) is 22.1 Å². The predicted octanol–water partition coefficient (Wildman–Crippen LogP) is 5.17. The van der Waals surface area contributed by atoms with E-state index in [0.717, 1.165) is 10.8 Å². The molecule has 2 atom stereocenters. The van der Waals surface area contributed by atoms with Crippen molar-refractivity contribution < 1.29 is 36.8 Å². The number of alkyl halides is 5. The number of ether oxygens (including phenoxy) is 1. The van der Waals surface area contributed by atoms with Crippen molar-refractivity contribution in [3.8, 4) is 5.69 Å². The first-order valence-corrected chi connectivity index (χ1v) is 10.7. The monoisotopic (exact) mass is 511 g/mol. The van der Waals surface area contributed by atoms with Crippen molar-refractivity contribution in [1.29, 1.82) is 0 Å². The van der Waals surface area contributed by atoms with Crippen molar-refractivity contribution in [2.24, 2.45) is 5.92 Å². The molecule has 0 radical (unpaired) electrons. The van der Waals surface area contributed by atoms with Gasteiger partial charge in [0.1, 0.15) is 6.20 Å². The van der Waals surface area contributed by atoms with Crippen LogP contribution in [0.5, 0.6) is 0 Å². The number of hydrogen-bond acceptors (Lipinski definition) is 6. The number of aryl methyl sites for hydroxylation is 1. The number of rotatable bonds is 4. The molecule has 0 spiro atoms. The van der Waals surface area contributed by atoms with E-state index >= 15 is 8.78 Å². The molecule has 1 fully saturated rings. The van der Waals surface area contributed by atoms with E-state index < -0.39 is 68.0 Å². The lowest BCUT2D eigenvalue weighted by Crippen LogP contribution is -2.45. The van der Waals surface area contributed by atoms with E-state index in [0.29, 0.717) is 0 Å². The standard InChI is InChI=1S/C22H14ClF4N3O5/c1-9-28-8-13(30(33)34)29(9)17-11-5-3-2-4-10(11)14-15(16(17)20(32)22(23,26)27)18-12(6-7-35-18)21(24,25)19(14)31/h2-5,8,12,18H,6-7H2,1H3/t12-,18+/m0/s1. The Balaban J connectivity index is 2.05. The summed E-state index contributed by atoms with van der Waals surface area (Å²) < 4.78 is 65.3. The summed E-state index contributed by atoms with van der Waals surface area (Å²) in [6.45, 7) is 1.12. The Morgan fingerprint density at radius 1 is 1.31 bits per heavy atom. The highest BCUT2D eigenvalue weighted by atomic mass is 35.5. The van der Waals surface area contributed by atoms with Gasteiger partial charge in [0, 0.05) is 30.0 Å². The third-order valence-electron chi connectivity index (χ3n) is 6.41. The van der Waals surface area contributed by atoms with Gasteiger partial charge in [0.15, 0.2) is 11.5 Å². The summed E-state index contributed by atoms with van der Waals surface area (Å²) in [6.07, 6.45) is -0.993. The Kier molecular flexibility index (Phi) is 5.05. The van der Waals surface area contributed by atoms with Crippen molar-refractivity contribution in [3.05, 3.63) is 63.1 Å². The van der Waals surface area contributed by atoms with Gasteiger partial charge in [-0.3, -0.25) is 9.59 Å². The van der Waals surface area contributed by atoms with Crippen molar-refractivity contribution in [1.82, 2.24) is 9.55 Å². The van der Waals surface area contributed by atoms with Crippen molar-refractivity contribution >= 4 is 39.8 Å². The Morgan fingerprint density at radius 3 is 2.60 bits per heavy atom. The second-order valence-electron chi connectivity index (χ2n) is 8.28. The zero-order valence-corrected chi connectivity index (χ0v) is 18.5. The van der Waals surface area contributed by atoms with Crippen LogP contribution in [-0.2, 0) is 4.74 Å². The Morgan fingerprint density at radius 2 is 1.97 bits per heavy atom. The topological polar surface area (TPSA) is 104 Å². The SMILES string of the molecule is Cc1ncc([N+](=O)[O-])n1-c1c(C(=O)C(F)(F)Cl)c2c(c3ccccc13)C(=O)C(F)(F)[C@H]1CCO[C@@H]21. The number of nitrogens with zero attached hydrogens (tertiary/aromatic N) is 3. The van der Waals surface area contributed by atoms with Crippen LogP contribution in [0.15, 0.2) is 30.5 Å². The molecule has 2 aromatic carbocycles. The molecule has 1 saturated heterocycles. The molecule has 1 aliphatic heterocycles. The van der Waals surface area contributed by atoms with Gasteiger partial charge in [-0.1, -0.05) is 24.3 Å². The minimum Gasteiger partial charge on any atom is -0.373 e. The second-order valence-corrected chi connectivity index (χ2v) is 8.75. The van der Waals surface area contributed by atoms with Crippen LogP contribution in [0.4, 0.5) is 23.4 Å². The first-order chi connectivity index (χ1) is 16.4. The largest absolute Gasteiger partial charge is 0.385 e. The first-order valence-electron chi connectivity index (χ1n) is 10.3. The fraction of sp³-hybridized carbons (Fsp3) is 0.318. The number of Topliss-reactive ketones (excluding diaryl/α,β-unsaturated/α-hetero) is 2. The van der Waals surface area contributed by atoms with Crippen LogP contribution in [0.2, 0.25) is 0 Å². The average Bonchev–Trinajstić information content (AvgIpc) is 3.43. The number of carbonyl (C=O) groups excluding carboxylic acids is 2. The second kappa shape index (κ2) is 7.56. The van der Waals surface area contributed by atoms with E-state index in [9.17, 15) is 28.5 Å². The molecule has 2 heterocycles. The molecule has 8 nitrogen and oxygen atoms in total.